The molecule has 0 aliphatic heterocycles. The maximum Gasteiger partial charge on any atom is 0.166 e. The van der Waals surface area contributed by atoms with E-state index in [0.717, 1.165) is 12.0 Å². The van der Waals surface area contributed by atoms with Gasteiger partial charge in [0.1, 0.15) is 12.4 Å². The first-order chi connectivity index (χ1) is 13.1. The minimum Gasteiger partial charge on any atom is -0.490 e. The summed E-state index contributed by atoms with van der Waals surface area (Å²) in [6.45, 7) is 14.5. The van der Waals surface area contributed by atoms with Crippen molar-refractivity contribution in [1.29, 1.82) is 0 Å². The van der Waals surface area contributed by atoms with Crippen LogP contribution in [0.4, 0.5) is 4.39 Å². The minimum atomic E-state index is -0.262. The van der Waals surface area contributed by atoms with Gasteiger partial charge in [0.25, 0.3) is 0 Å². The molecule has 0 spiro atoms. The van der Waals surface area contributed by atoms with Crippen molar-refractivity contribution in [3.63, 3.8) is 0 Å². The molecule has 0 atom stereocenters. The molecule has 0 aromatic heterocycles. The van der Waals surface area contributed by atoms with E-state index in [9.17, 15) is 4.39 Å². The van der Waals surface area contributed by atoms with Crippen LogP contribution in [-0.2, 0) is 13.2 Å². The Bertz CT molecular complexity index is 772. The lowest BCUT2D eigenvalue weighted by atomic mass is 9.81. The van der Waals surface area contributed by atoms with E-state index in [0.29, 0.717) is 30.2 Å². The molecule has 2 aromatic rings. The van der Waals surface area contributed by atoms with E-state index in [1.165, 1.54) is 6.07 Å². The topological polar surface area (TPSA) is 30.5 Å². The lowest BCUT2D eigenvalue weighted by Crippen LogP contribution is -2.41. The van der Waals surface area contributed by atoms with Gasteiger partial charge in [-0.1, -0.05) is 51.1 Å². The van der Waals surface area contributed by atoms with Gasteiger partial charge in [0.05, 0.1) is 6.61 Å². The van der Waals surface area contributed by atoms with Gasteiger partial charge in [0, 0.05) is 23.2 Å². The molecule has 0 bridgehead atoms. The zero-order chi connectivity index (χ0) is 20.8. The molecule has 0 saturated carbocycles. The van der Waals surface area contributed by atoms with Crippen LogP contribution in [-0.4, -0.2) is 12.1 Å². The first-order valence-corrected chi connectivity index (χ1v) is 9.97. The summed E-state index contributed by atoms with van der Waals surface area (Å²) in [4.78, 5) is 0. The molecule has 5 heteroatoms. The van der Waals surface area contributed by atoms with Gasteiger partial charge in [-0.15, -0.1) is 12.4 Å². The molecule has 162 valence electrons. The van der Waals surface area contributed by atoms with Crippen LogP contribution in [0.2, 0.25) is 0 Å². The van der Waals surface area contributed by atoms with E-state index in [1.54, 1.807) is 12.1 Å². The van der Waals surface area contributed by atoms with E-state index >= 15 is 0 Å². The molecule has 0 aliphatic carbocycles. The standard InChI is InChI=1S/C24H34FNO2.ClH/c1-7-27-21-14-10-12-18(15-26-24(5,6)17-23(2,3)4)22(21)28-16-19-11-8-9-13-20(19)25;/h8-14,26H,7,15-17H2,1-6H3;1H. The molecule has 3 nitrogen and oxygen atoms in total. The SMILES string of the molecule is CCOc1cccc(CNC(C)(C)CC(C)(C)C)c1OCc1ccccc1F.Cl. The second kappa shape index (κ2) is 10.8. The molecule has 0 saturated heterocycles. The Balaban J connectivity index is 0.00000420. The minimum absolute atomic E-state index is 0. The van der Waals surface area contributed by atoms with Crippen LogP contribution in [0, 0.1) is 11.2 Å². The van der Waals surface area contributed by atoms with E-state index in [2.05, 4.69) is 39.9 Å². The molecule has 2 rings (SSSR count). The molecule has 0 amide bonds. The number of para-hydroxylation sites is 1. The van der Waals surface area contributed by atoms with Crippen molar-refractivity contribution in [1.82, 2.24) is 5.32 Å². The summed E-state index contributed by atoms with van der Waals surface area (Å²) in [5, 5.41) is 3.64. The number of hydrogen-bond acceptors (Lipinski definition) is 3. The summed E-state index contributed by atoms with van der Waals surface area (Å²) in [6.07, 6.45) is 1.04. The van der Waals surface area contributed by atoms with Crippen molar-refractivity contribution >= 4 is 12.4 Å². The maximum absolute atomic E-state index is 14.0. The quantitative estimate of drug-likeness (QED) is 0.497. The van der Waals surface area contributed by atoms with Crippen molar-refractivity contribution in [2.24, 2.45) is 5.41 Å². The largest absolute Gasteiger partial charge is 0.490 e. The number of benzene rings is 2. The van der Waals surface area contributed by atoms with Crippen molar-refractivity contribution < 1.29 is 13.9 Å². The summed E-state index contributed by atoms with van der Waals surface area (Å²) in [5.41, 5.74) is 1.74. The van der Waals surface area contributed by atoms with Crippen molar-refractivity contribution in [2.75, 3.05) is 6.61 Å². The van der Waals surface area contributed by atoms with Gasteiger partial charge in [0.2, 0.25) is 0 Å². The Labute approximate surface area is 181 Å². The Morgan fingerprint density at radius 1 is 0.897 bits per heavy atom. The maximum atomic E-state index is 14.0. The smallest absolute Gasteiger partial charge is 0.166 e. The fraction of sp³-hybridized carbons (Fsp3) is 0.500. The summed E-state index contributed by atoms with van der Waals surface area (Å²) >= 11 is 0. The van der Waals surface area contributed by atoms with Gasteiger partial charge in [-0.3, -0.25) is 0 Å². The Hall–Kier alpha value is -1.78. The van der Waals surface area contributed by atoms with Crippen LogP contribution in [0.3, 0.4) is 0 Å². The van der Waals surface area contributed by atoms with E-state index in [4.69, 9.17) is 9.47 Å². The first kappa shape index (κ1) is 25.3. The van der Waals surface area contributed by atoms with Crippen LogP contribution < -0.4 is 14.8 Å². The van der Waals surface area contributed by atoms with E-state index < -0.39 is 0 Å². The predicted molar refractivity (Wildman–Crippen MR) is 121 cm³/mol. The van der Waals surface area contributed by atoms with Gasteiger partial charge in [0.15, 0.2) is 11.5 Å². The molecule has 0 radical (unpaired) electrons. The van der Waals surface area contributed by atoms with Gasteiger partial charge in [-0.25, -0.2) is 4.39 Å². The highest BCUT2D eigenvalue weighted by Gasteiger charge is 2.25. The first-order valence-electron chi connectivity index (χ1n) is 9.97. The lowest BCUT2D eigenvalue weighted by molar-refractivity contribution is 0.236. The third-order valence-electron chi connectivity index (χ3n) is 4.42. The second-order valence-corrected chi connectivity index (χ2v) is 9.03. The number of rotatable bonds is 9. The Kier molecular flexibility index (Phi) is 9.44. The second-order valence-electron chi connectivity index (χ2n) is 9.03. The molecule has 0 unspecified atom stereocenters. The average molecular weight is 424 g/mol. The fourth-order valence-electron chi connectivity index (χ4n) is 3.62. The van der Waals surface area contributed by atoms with E-state index in [1.807, 2.05) is 31.2 Å². The van der Waals surface area contributed by atoms with Crippen LogP contribution >= 0.6 is 12.4 Å². The molecule has 0 heterocycles. The molecule has 1 N–H and O–H groups in total. The Morgan fingerprint density at radius 3 is 2.17 bits per heavy atom. The van der Waals surface area contributed by atoms with Gasteiger partial charge >= 0.3 is 0 Å². The molecular weight excluding hydrogens is 389 g/mol. The molecule has 0 fully saturated rings. The highest BCUT2D eigenvalue weighted by molar-refractivity contribution is 5.85. The summed E-state index contributed by atoms with van der Waals surface area (Å²) in [7, 11) is 0. The average Bonchev–Trinajstić information content (AvgIpc) is 2.58. The van der Waals surface area contributed by atoms with Crippen LogP contribution in [0.15, 0.2) is 42.5 Å². The number of ether oxygens (including phenoxy) is 2. The highest BCUT2D eigenvalue weighted by atomic mass is 35.5. The molecule has 2 aromatic carbocycles. The van der Waals surface area contributed by atoms with Gasteiger partial charge < -0.3 is 14.8 Å². The zero-order valence-electron chi connectivity index (χ0n) is 18.5. The van der Waals surface area contributed by atoms with Crippen molar-refractivity contribution in [3.8, 4) is 11.5 Å². The monoisotopic (exact) mass is 423 g/mol. The number of halogens is 2. The van der Waals surface area contributed by atoms with Crippen LogP contribution in [0.5, 0.6) is 11.5 Å². The number of hydrogen-bond donors (Lipinski definition) is 1. The zero-order valence-corrected chi connectivity index (χ0v) is 19.3. The van der Waals surface area contributed by atoms with Gasteiger partial charge in [-0.05, 0) is 44.7 Å². The summed E-state index contributed by atoms with van der Waals surface area (Å²) < 4.78 is 25.8. The summed E-state index contributed by atoms with van der Waals surface area (Å²) in [5.74, 6) is 1.10. The predicted octanol–water partition coefficient (Wildman–Crippen LogP) is 6.53. The van der Waals surface area contributed by atoms with Crippen molar-refractivity contribution in [3.05, 3.63) is 59.4 Å². The highest BCUT2D eigenvalue weighted by Crippen LogP contribution is 2.33. The molecule has 29 heavy (non-hydrogen) atoms. The van der Waals surface area contributed by atoms with Crippen LogP contribution in [0.1, 0.15) is 59.1 Å². The third kappa shape index (κ3) is 8.23. The summed E-state index contributed by atoms with van der Waals surface area (Å²) in [6, 6.07) is 12.6. The normalized spacial score (nSPS) is 11.7. The lowest BCUT2D eigenvalue weighted by Gasteiger charge is -2.33. The van der Waals surface area contributed by atoms with Gasteiger partial charge in [-0.2, -0.15) is 0 Å². The third-order valence-corrected chi connectivity index (χ3v) is 4.42. The van der Waals surface area contributed by atoms with Crippen molar-refractivity contribution in [2.45, 2.75) is 66.7 Å². The number of nitrogens with one attached hydrogen (secondary N) is 1. The molecule has 0 aliphatic rings. The van der Waals surface area contributed by atoms with Crippen LogP contribution in [0.25, 0.3) is 0 Å². The van der Waals surface area contributed by atoms with E-state index in [-0.39, 0.29) is 35.8 Å². The fourth-order valence-corrected chi connectivity index (χ4v) is 3.62. The Morgan fingerprint density at radius 2 is 1.55 bits per heavy atom. The molecular formula is C24H35ClFNO2.